The van der Waals surface area contributed by atoms with E-state index in [1.165, 1.54) is 18.9 Å². The third-order valence-corrected chi connectivity index (χ3v) is 3.71. The summed E-state index contributed by atoms with van der Waals surface area (Å²) in [6, 6.07) is 3.40. The van der Waals surface area contributed by atoms with Gasteiger partial charge in [0.2, 0.25) is 5.82 Å². The molecule has 1 atom stereocenters. The highest BCUT2D eigenvalue weighted by molar-refractivity contribution is 5.58. The number of rotatable bonds is 7. The number of hydrogen-bond donors (Lipinski definition) is 1. The van der Waals surface area contributed by atoms with Crippen LogP contribution >= 0.6 is 0 Å². The highest BCUT2D eigenvalue weighted by Crippen LogP contribution is 2.37. The number of nitrogens with zero attached hydrogens (tertiary/aromatic N) is 3. The van der Waals surface area contributed by atoms with Crippen molar-refractivity contribution in [3.05, 3.63) is 22.2 Å². The molecule has 0 aliphatic heterocycles. The molecule has 1 heterocycles. The molecule has 7 heteroatoms. The van der Waals surface area contributed by atoms with Gasteiger partial charge in [0.25, 0.3) is 0 Å². The summed E-state index contributed by atoms with van der Waals surface area (Å²) in [5.41, 5.74) is 5.52. The molecule has 1 aromatic rings. The van der Waals surface area contributed by atoms with Gasteiger partial charge in [-0.3, -0.25) is 10.1 Å². The number of methoxy groups -OCH3 is 1. The lowest BCUT2D eigenvalue weighted by Gasteiger charge is -2.30. The molecular weight excluding hydrogens is 260 g/mol. The van der Waals surface area contributed by atoms with Crippen LogP contribution < -0.4 is 10.6 Å². The van der Waals surface area contributed by atoms with E-state index in [2.05, 4.69) is 16.8 Å². The van der Waals surface area contributed by atoms with Crippen molar-refractivity contribution in [1.82, 2.24) is 4.98 Å². The van der Waals surface area contributed by atoms with E-state index >= 15 is 0 Å². The molecule has 0 amide bonds. The fourth-order valence-corrected chi connectivity index (χ4v) is 2.32. The Bertz CT molecular complexity index is 491. The minimum atomic E-state index is -0.518. The molecule has 1 fully saturated rings. The fourth-order valence-electron chi connectivity index (χ4n) is 2.32. The van der Waals surface area contributed by atoms with Crippen molar-refractivity contribution in [3.63, 3.8) is 0 Å². The molecule has 110 valence electrons. The number of nitro groups is 1. The summed E-state index contributed by atoms with van der Waals surface area (Å²) in [5.74, 6) is 1.28. The predicted molar refractivity (Wildman–Crippen MR) is 76.7 cm³/mol. The molecule has 0 radical (unpaired) electrons. The lowest BCUT2D eigenvalue weighted by molar-refractivity contribution is -0.384. The Morgan fingerprint density at radius 2 is 2.30 bits per heavy atom. The first-order chi connectivity index (χ1) is 9.54. The quantitative estimate of drug-likeness (QED) is 0.604. The van der Waals surface area contributed by atoms with Gasteiger partial charge in [-0.05, 0) is 31.7 Å². The van der Waals surface area contributed by atoms with Gasteiger partial charge in [-0.2, -0.15) is 0 Å². The highest BCUT2D eigenvalue weighted by Gasteiger charge is 2.33. The van der Waals surface area contributed by atoms with E-state index in [9.17, 15) is 10.1 Å². The van der Waals surface area contributed by atoms with E-state index in [0.29, 0.717) is 30.9 Å². The Morgan fingerprint density at radius 1 is 1.60 bits per heavy atom. The summed E-state index contributed by atoms with van der Waals surface area (Å²) in [6.07, 6.45) is 2.43. The van der Waals surface area contributed by atoms with Crippen LogP contribution in [0.4, 0.5) is 17.3 Å². The molecule has 2 N–H and O–H groups in total. The predicted octanol–water partition coefficient (Wildman–Crippen LogP) is 1.82. The SMILES string of the molecule is COCCN(c1ccc([N+](=O)[O-])c(N)n1)C(C)C1CC1. The van der Waals surface area contributed by atoms with Gasteiger partial charge >= 0.3 is 5.69 Å². The molecule has 1 aromatic heterocycles. The van der Waals surface area contributed by atoms with Crippen LogP contribution in [0.1, 0.15) is 19.8 Å². The maximum atomic E-state index is 10.8. The van der Waals surface area contributed by atoms with Crippen molar-refractivity contribution in [1.29, 1.82) is 0 Å². The van der Waals surface area contributed by atoms with Crippen molar-refractivity contribution in [2.45, 2.75) is 25.8 Å². The zero-order valence-electron chi connectivity index (χ0n) is 11.8. The number of pyridine rings is 1. The van der Waals surface area contributed by atoms with Crippen molar-refractivity contribution >= 4 is 17.3 Å². The number of nitrogens with two attached hydrogens (primary N) is 1. The number of anilines is 2. The first-order valence-corrected chi connectivity index (χ1v) is 6.71. The van der Waals surface area contributed by atoms with Crippen LogP contribution in [0.2, 0.25) is 0 Å². The van der Waals surface area contributed by atoms with Crippen LogP contribution in [0.25, 0.3) is 0 Å². The van der Waals surface area contributed by atoms with Crippen LogP contribution in [-0.4, -0.2) is 36.2 Å². The molecule has 1 aliphatic carbocycles. The molecule has 0 bridgehead atoms. The van der Waals surface area contributed by atoms with Crippen LogP contribution in [0.5, 0.6) is 0 Å². The molecule has 1 unspecified atom stereocenters. The first kappa shape index (κ1) is 14.5. The Labute approximate surface area is 117 Å². The van der Waals surface area contributed by atoms with Gasteiger partial charge in [-0.15, -0.1) is 0 Å². The summed E-state index contributed by atoms with van der Waals surface area (Å²) in [6.45, 7) is 3.42. The van der Waals surface area contributed by atoms with Gasteiger partial charge in [-0.25, -0.2) is 4.98 Å². The lowest BCUT2D eigenvalue weighted by atomic mass is 10.2. The van der Waals surface area contributed by atoms with E-state index in [1.54, 1.807) is 13.2 Å². The number of aromatic nitrogens is 1. The maximum Gasteiger partial charge on any atom is 0.311 e. The number of nitrogen functional groups attached to an aromatic ring is 1. The van der Waals surface area contributed by atoms with E-state index in [1.807, 2.05) is 0 Å². The first-order valence-electron chi connectivity index (χ1n) is 6.71. The van der Waals surface area contributed by atoms with Gasteiger partial charge in [0, 0.05) is 25.8 Å². The molecule has 0 spiro atoms. The van der Waals surface area contributed by atoms with Crippen LogP contribution in [0, 0.1) is 16.0 Å². The summed E-state index contributed by atoms with van der Waals surface area (Å²) < 4.78 is 5.13. The maximum absolute atomic E-state index is 10.8. The minimum absolute atomic E-state index is 0.0436. The van der Waals surface area contributed by atoms with Crippen molar-refractivity contribution in [2.24, 2.45) is 5.92 Å². The Morgan fingerprint density at radius 3 is 2.80 bits per heavy atom. The van der Waals surface area contributed by atoms with E-state index < -0.39 is 4.92 Å². The zero-order valence-corrected chi connectivity index (χ0v) is 11.8. The summed E-state index contributed by atoms with van der Waals surface area (Å²) >= 11 is 0. The minimum Gasteiger partial charge on any atom is -0.383 e. The van der Waals surface area contributed by atoms with Gasteiger partial charge in [0.15, 0.2) is 0 Å². The second-order valence-electron chi connectivity index (χ2n) is 5.10. The van der Waals surface area contributed by atoms with Crippen LogP contribution in [0.3, 0.4) is 0 Å². The molecule has 2 rings (SSSR count). The second kappa shape index (κ2) is 6.04. The number of hydrogen-bond acceptors (Lipinski definition) is 6. The molecule has 0 saturated heterocycles. The van der Waals surface area contributed by atoms with Crippen molar-refractivity contribution in [3.8, 4) is 0 Å². The highest BCUT2D eigenvalue weighted by atomic mass is 16.6. The standard InChI is InChI=1S/C13H20N4O3/c1-9(10-3-4-10)16(7-8-20-2)12-6-5-11(17(18)19)13(14)15-12/h5-6,9-10H,3-4,7-8H2,1-2H3,(H2,14,15). The Kier molecular flexibility index (Phi) is 4.39. The summed E-state index contributed by atoms with van der Waals surface area (Å²) in [5, 5.41) is 10.8. The average Bonchev–Trinajstić information content (AvgIpc) is 3.22. The van der Waals surface area contributed by atoms with Crippen LogP contribution in [0.15, 0.2) is 12.1 Å². The Hall–Kier alpha value is -1.89. The van der Waals surface area contributed by atoms with Gasteiger partial charge < -0.3 is 15.4 Å². The average molecular weight is 280 g/mol. The Balaban J connectivity index is 2.23. The van der Waals surface area contributed by atoms with Gasteiger partial charge in [0.05, 0.1) is 11.5 Å². The molecular formula is C13H20N4O3. The second-order valence-corrected chi connectivity index (χ2v) is 5.10. The lowest BCUT2D eigenvalue weighted by Crippen LogP contribution is -2.38. The van der Waals surface area contributed by atoms with Crippen molar-refractivity contribution in [2.75, 3.05) is 30.9 Å². The topological polar surface area (TPSA) is 94.5 Å². The summed E-state index contributed by atoms with van der Waals surface area (Å²) in [7, 11) is 1.65. The third kappa shape index (κ3) is 3.16. The monoisotopic (exact) mass is 280 g/mol. The molecule has 20 heavy (non-hydrogen) atoms. The molecule has 1 saturated carbocycles. The largest absolute Gasteiger partial charge is 0.383 e. The molecule has 7 nitrogen and oxygen atoms in total. The van der Waals surface area contributed by atoms with Crippen LogP contribution in [-0.2, 0) is 4.74 Å². The van der Waals surface area contributed by atoms with E-state index in [-0.39, 0.29) is 11.5 Å². The molecule has 0 aromatic carbocycles. The molecule has 1 aliphatic rings. The third-order valence-electron chi connectivity index (χ3n) is 3.71. The van der Waals surface area contributed by atoms with Crippen molar-refractivity contribution < 1.29 is 9.66 Å². The number of ether oxygens (including phenoxy) is 1. The van der Waals surface area contributed by atoms with Gasteiger partial charge in [-0.1, -0.05) is 0 Å². The smallest absolute Gasteiger partial charge is 0.311 e. The summed E-state index contributed by atoms with van der Waals surface area (Å²) in [4.78, 5) is 16.6. The zero-order chi connectivity index (χ0) is 14.7. The fraction of sp³-hybridized carbons (Fsp3) is 0.615. The normalized spacial score (nSPS) is 15.9. The van der Waals surface area contributed by atoms with E-state index in [4.69, 9.17) is 10.5 Å². The van der Waals surface area contributed by atoms with Gasteiger partial charge in [0.1, 0.15) is 5.82 Å². The van der Waals surface area contributed by atoms with E-state index in [0.717, 1.165) is 0 Å².